The monoisotopic (exact) mass is 252 g/mol. The average molecular weight is 252 g/mol. The van der Waals surface area contributed by atoms with Gasteiger partial charge in [-0.15, -0.1) is 0 Å². The molecule has 0 spiro atoms. The summed E-state index contributed by atoms with van der Waals surface area (Å²) in [4.78, 5) is 0. The van der Waals surface area contributed by atoms with Crippen molar-refractivity contribution in [3.05, 3.63) is 11.6 Å². The minimum absolute atomic E-state index is 0.0683. The number of rotatable bonds is 0. The zero-order valence-electron chi connectivity index (χ0n) is 12.3. The quantitative estimate of drug-likeness (QED) is 0.574. The summed E-state index contributed by atoms with van der Waals surface area (Å²) in [6.45, 7) is 2.22. The molecule has 1 rings (SSSR count). The topological polar surface area (TPSA) is 20.2 Å². The first-order valence-corrected chi connectivity index (χ1v) is 8.13. The van der Waals surface area contributed by atoms with E-state index in [4.69, 9.17) is 0 Å². The van der Waals surface area contributed by atoms with Crippen LogP contribution in [0.3, 0.4) is 0 Å². The van der Waals surface area contributed by atoms with E-state index in [2.05, 4.69) is 13.0 Å². The van der Waals surface area contributed by atoms with Crippen LogP contribution in [-0.4, -0.2) is 11.2 Å². The SMILES string of the molecule is CC1=CCCCCCCCCCCCC(O)CC1. The molecule has 1 heteroatoms. The lowest BCUT2D eigenvalue weighted by atomic mass is 10.00. The molecule has 1 unspecified atom stereocenters. The normalized spacial score (nSPS) is 26.6. The Hall–Kier alpha value is -0.300. The summed E-state index contributed by atoms with van der Waals surface area (Å²) in [5, 5.41) is 9.91. The smallest absolute Gasteiger partial charge is 0.0543 e. The second-order valence-electron chi connectivity index (χ2n) is 6.00. The van der Waals surface area contributed by atoms with Crippen molar-refractivity contribution in [1.29, 1.82) is 0 Å². The van der Waals surface area contributed by atoms with Gasteiger partial charge in [-0.05, 0) is 39.0 Å². The molecule has 0 fully saturated rings. The van der Waals surface area contributed by atoms with Crippen molar-refractivity contribution in [2.75, 3.05) is 0 Å². The molecule has 1 N–H and O–H groups in total. The molecule has 0 aliphatic heterocycles. The van der Waals surface area contributed by atoms with Crippen LogP contribution in [0.1, 0.15) is 90.4 Å². The van der Waals surface area contributed by atoms with Crippen molar-refractivity contribution < 1.29 is 5.11 Å². The number of aliphatic hydroxyl groups excluding tert-OH is 1. The van der Waals surface area contributed by atoms with Crippen molar-refractivity contribution in [3.8, 4) is 0 Å². The Morgan fingerprint density at radius 2 is 1.39 bits per heavy atom. The van der Waals surface area contributed by atoms with Crippen molar-refractivity contribution >= 4 is 0 Å². The summed E-state index contributed by atoms with van der Waals surface area (Å²) in [7, 11) is 0. The van der Waals surface area contributed by atoms with Crippen LogP contribution in [-0.2, 0) is 0 Å². The van der Waals surface area contributed by atoms with E-state index in [9.17, 15) is 5.11 Å². The maximum Gasteiger partial charge on any atom is 0.0543 e. The lowest BCUT2D eigenvalue weighted by molar-refractivity contribution is 0.151. The van der Waals surface area contributed by atoms with Crippen molar-refractivity contribution in [1.82, 2.24) is 0 Å². The summed E-state index contributed by atoms with van der Waals surface area (Å²) >= 11 is 0. The van der Waals surface area contributed by atoms with E-state index in [-0.39, 0.29) is 6.10 Å². The fraction of sp³-hybridized carbons (Fsp3) is 0.882. The van der Waals surface area contributed by atoms with Crippen molar-refractivity contribution in [2.45, 2.75) is 96.5 Å². The molecule has 1 aliphatic rings. The molecular formula is C17H32O. The van der Waals surface area contributed by atoms with Gasteiger partial charge in [-0.1, -0.05) is 63.0 Å². The molecule has 1 atom stereocenters. The minimum Gasteiger partial charge on any atom is -0.393 e. The van der Waals surface area contributed by atoms with E-state index < -0.39 is 0 Å². The molecule has 0 bridgehead atoms. The molecule has 18 heavy (non-hydrogen) atoms. The minimum atomic E-state index is -0.0683. The summed E-state index contributed by atoms with van der Waals surface area (Å²) in [6.07, 6.45) is 18.9. The first-order chi connectivity index (χ1) is 8.79. The summed E-state index contributed by atoms with van der Waals surface area (Å²) in [5.41, 5.74) is 1.47. The highest BCUT2D eigenvalue weighted by atomic mass is 16.3. The Balaban J connectivity index is 2.27. The summed E-state index contributed by atoms with van der Waals surface area (Å²) < 4.78 is 0. The Morgan fingerprint density at radius 3 is 2.06 bits per heavy atom. The zero-order valence-corrected chi connectivity index (χ0v) is 12.3. The number of hydrogen-bond acceptors (Lipinski definition) is 1. The van der Waals surface area contributed by atoms with Gasteiger partial charge in [0.2, 0.25) is 0 Å². The van der Waals surface area contributed by atoms with Crippen LogP contribution in [0, 0.1) is 0 Å². The Labute approximate surface area is 114 Å². The van der Waals surface area contributed by atoms with Crippen LogP contribution in [0.25, 0.3) is 0 Å². The van der Waals surface area contributed by atoms with E-state index in [0.717, 1.165) is 19.3 Å². The van der Waals surface area contributed by atoms with Gasteiger partial charge in [0.1, 0.15) is 0 Å². The maximum atomic E-state index is 9.91. The second-order valence-corrected chi connectivity index (χ2v) is 6.00. The molecule has 0 aromatic heterocycles. The van der Waals surface area contributed by atoms with Crippen LogP contribution in [0.4, 0.5) is 0 Å². The van der Waals surface area contributed by atoms with E-state index in [1.54, 1.807) is 0 Å². The van der Waals surface area contributed by atoms with Crippen molar-refractivity contribution in [3.63, 3.8) is 0 Å². The Kier molecular flexibility index (Phi) is 9.28. The van der Waals surface area contributed by atoms with Gasteiger partial charge in [0.15, 0.2) is 0 Å². The number of hydrogen-bond donors (Lipinski definition) is 1. The molecule has 0 saturated carbocycles. The molecule has 1 nitrogen and oxygen atoms in total. The molecule has 0 amide bonds. The van der Waals surface area contributed by atoms with Gasteiger partial charge >= 0.3 is 0 Å². The standard InChI is InChI=1S/C17H32O/c1-16-12-10-8-6-4-2-3-5-7-9-11-13-17(18)15-14-16/h12,17-18H,2-11,13-15H2,1H3. The molecular weight excluding hydrogens is 220 g/mol. The lowest BCUT2D eigenvalue weighted by Gasteiger charge is -2.11. The molecule has 1 aliphatic carbocycles. The van der Waals surface area contributed by atoms with E-state index in [0.29, 0.717) is 0 Å². The maximum absolute atomic E-state index is 9.91. The van der Waals surface area contributed by atoms with E-state index in [1.165, 1.54) is 69.8 Å². The Bertz CT molecular complexity index is 220. The third-order valence-electron chi connectivity index (χ3n) is 4.11. The highest BCUT2D eigenvalue weighted by Gasteiger charge is 2.04. The van der Waals surface area contributed by atoms with E-state index in [1.807, 2.05) is 0 Å². The van der Waals surface area contributed by atoms with Gasteiger partial charge in [-0.25, -0.2) is 0 Å². The number of aliphatic hydroxyl groups is 1. The van der Waals surface area contributed by atoms with Gasteiger partial charge in [0.05, 0.1) is 6.10 Å². The summed E-state index contributed by atoms with van der Waals surface area (Å²) in [6, 6.07) is 0. The second kappa shape index (κ2) is 10.6. The average Bonchev–Trinajstić information content (AvgIpc) is 2.36. The van der Waals surface area contributed by atoms with Gasteiger partial charge in [0, 0.05) is 0 Å². The molecule has 0 saturated heterocycles. The molecule has 0 aromatic rings. The van der Waals surface area contributed by atoms with Crippen LogP contribution < -0.4 is 0 Å². The highest BCUT2D eigenvalue weighted by Crippen LogP contribution is 2.16. The predicted molar refractivity (Wildman–Crippen MR) is 79.8 cm³/mol. The molecule has 0 aromatic carbocycles. The largest absolute Gasteiger partial charge is 0.393 e. The first-order valence-electron chi connectivity index (χ1n) is 8.13. The van der Waals surface area contributed by atoms with Gasteiger partial charge in [0.25, 0.3) is 0 Å². The van der Waals surface area contributed by atoms with Crippen LogP contribution in [0.5, 0.6) is 0 Å². The first kappa shape index (κ1) is 15.8. The van der Waals surface area contributed by atoms with Gasteiger partial charge < -0.3 is 5.11 Å². The molecule has 0 radical (unpaired) electrons. The third kappa shape index (κ3) is 8.74. The summed E-state index contributed by atoms with van der Waals surface area (Å²) in [5.74, 6) is 0. The highest BCUT2D eigenvalue weighted by molar-refractivity contribution is 4.98. The van der Waals surface area contributed by atoms with Crippen LogP contribution in [0.2, 0.25) is 0 Å². The fourth-order valence-corrected chi connectivity index (χ4v) is 2.75. The molecule has 0 heterocycles. The third-order valence-corrected chi connectivity index (χ3v) is 4.11. The van der Waals surface area contributed by atoms with Gasteiger partial charge in [-0.2, -0.15) is 0 Å². The van der Waals surface area contributed by atoms with Crippen molar-refractivity contribution in [2.24, 2.45) is 0 Å². The predicted octanol–water partition coefficient (Wildman–Crippen LogP) is 5.38. The van der Waals surface area contributed by atoms with Crippen LogP contribution >= 0.6 is 0 Å². The van der Waals surface area contributed by atoms with E-state index >= 15 is 0 Å². The molecule has 106 valence electrons. The lowest BCUT2D eigenvalue weighted by Crippen LogP contribution is -2.06. The number of allylic oxidation sites excluding steroid dienone is 2. The zero-order chi connectivity index (χ0) is 13.1. The Morgan fingerprint density at radius 1 is 0.833 bits per heavy atom. The van der Waals surface area contributed by atoms with Crippen LogP contribution in [0.15, 0.2) is 11.6 Å². The van der Waals surface area contributed by atoms with Gasteiger partial charge in [-0.3, -0.25) is 0 Å². The fourth-order valence-electron chi connectivity index (χ4n) is 2.75.